The van der Waals surface area contributed by atoms with Crippen molar-refractivity contribution in [2.24, 2.45) is 0 Å². The Morgan fingerprint density at radius 3 is 2.81 bits per heavy atom. The molecule has 1 atom stereocenters. The minimum absolute atomic E-state index is 0.0308. The van der Waals surface area contributed by atoms with E-state index in [1.807, 2.05) is 30.3 Å². The van der Waals surface area contributed by atoms with Crippen molar-refractivity contribution in [1.29, 1.82) is 0 Å². The van der Waals surface area contributed by atoms with Crippen LogP contribution in [0.5, 0.6) is 5.75 Å². The first-order valence-corrected chi connectivity index (χ1v) is 10.8. The number of aromatic nitrogens is 1. The van der Waals surface area contributed by atoms with Gasteiger partial charge in [-0.3, -0.25) is 19.4 Å². The van der Waals surface area contributed by atoms with Gasteiger partial charge in [-0.1, -0.05) is 18.2 Å². The summed E-state index contributed by atoms with van der Waals surface area (Å²) in [5.74, 6) is 0.394. The van der Waals surface area contributed by atoms with Crippen molar-refractivity contribution in [1.82, 2.24) is 15.2 Å². The standard InChI is InChI=1S/C24H27N3O4/c28-20-16-24(31-21-9-2-1-8-19(20)21)11-10-23(30)27(15-12-24)17-22(29)26-14-5-7-18-6-3-4-13-25-18/h1-4,6,8-9,13H,5,7,10-12,14-17H2,(H,26,29)/t24-/m1/s1. The van der Waals surface area contributed by atoms with Crippen LogP contribution >= 0.6 is 0 Å². The second-order valence-corrected chi connectivity index (χ2v) is 8.22. The molecule has 31 heavy (non-hydrogen) atoms. The van der Waals surface area contributed by atoms with Crippen molar-refractivity contribution in [2.75, 3.05) is 19.6 Å². The number of para-hydroxylation sites is 1. The normalized spacial score (nSPS) is 20.7. The van der Waals surface area contributed by atoms with Gasteiger partial charge in [-0.2, -0.15) is 0 Å². The van der Waals surface area contributed by atoms with Crippen molar-refractivity contribution in [2.45, 2.75) is 44.1 Å². The van der Waals surface area contributed by atoms with Gasteiger partial charge in [0.1, 0.15) is 11.4 Å². The lowest BCUT2D eigenvalue weighted by Gasteiger charge is -2.37. The summed E-state index contributed by atoms with van der Waals surface area (Å²) >= 11 is 0. The maximum Gasteiger partial charge on any atom is 0.239 e. The van der Waals surface area contributed by atoms with Gasteiger partial charge in [-0.15, -0.1) is 0 Å². The van der Waals surface area contributed by atoms with Crippen LogP contribution in [0.15, 0.2) is 48.7 Å². The molecule has 2 amide bonds. The zero-order chi connectivity index (χ0) is 21.7. The fourth-order valence-corrected chi connectivity index (χ4v) is 4.24. The van der Waals surface area contributed by atoms with Gasteiger partial charge in [0, 0.05) is 37.8 Å². The highest BCUT2D eigenvalue weighted by Gasteiger charge is 2.43. The number of carbonyl (C=O) groups excluding carboxylic acids is 3. The highest BCUT2D eigenvalue weighted by Crippen LogP contribution is 2.39. The van der Waals surface area contributed by atoms with E-state index in [1.165, 1.54) is 0 Å². The third-order valence-corrected chi connectivity index (χ3v) is 5.97. The SMILES string of the molecule is O=C(CN1CC[C@]2(CCC1=O)CC(=O)c1ccccc1O2)NCCCc1ccccn1. The molecule has 7 nitrogen and oxygen atoms in total. The molecule has 0 aliphatic carbocycles. The van der Waals surface area contributed by atoms with Crippen LogP contribution in [0.3, 0.4) is 0 Å². The lowest BCUT2D eigenvalue weighted by molar-refractivity contribution is -0.135. The van der Waals surface area contributed by atoms with Gasteiger partial charge in [0.25, 0.3) is 0 Å². The summed E-state index contributed by atoms with van der Waals surface area (Å²) < 4.78 is 6.23. The Morgan fingerprint density at radius 1 is 1.13 bits per heavy atom. The predicted octanol–water partition coefficient (Wildman–Crippen LogP) is 2.55. The second-order valence-electron chi connectivity index (χ2n) is 8.22. The van der Waals surface area contributed by atoms with E-state index in [1.54, 1.807) is 23.2 Å². The number of ketones is 1. The summed E-state index contributed by atoms with van der Waals surface area (Å²) in [4.78, 5) is 43.4. The number of nitrogens with zero attached hydrogens (tertiary/aromatic N) is 2. The number of hydrogen-bond donors (Lipinski definition) is 1. The molecule has 0 radical (unpaired) electrons. The number of benzene rings is 1. The van der Waals surface area contributed by atoms with Crippen molar-refractivity contribution in [3.05, 3.63) is 59.9 Å². The van der Waals surface area contributed by atoms with Gasteiger partial charge in [-0.05, 0) is 43.5 Å². The van der Waals surface area contributed by atoms with Crippen molar-refractivity contribution < 1.29 is 19.1 Å². The molecule has 0 saturated carbocycles. The molecule has 0 bridgehead atoms. The molecule has 0 unspecified atom stereocenters. The molecule has 1 saturated heterocycles. The summed E-state index contributed by atoms with van der Waals surface area (Å²) in [7, 11) is 0. The Morgan fingerprint density at radius 2 is 1.97 bits per heavy atom. The molecule has 1 fully saturated rings. The van der Waals surface area contributed by atoms with E-state index in [2.05, 4.69) is 10.3 Å². The fourth-order valence-electron chi connectivity index (χ4n) is 4.24. The second kappa shape index (κ2) is 9.29. The number of ether oxygens (including phenoxy) is 1. The number of nitrogens with one attached hydrogen (secondary N) is 1. The highest BCUT2D eigenvalue weighted by molar-refractivity contribution is 6.00. The number of hydrogen-bond acceptors (Lipinski definition) is 5. The Kier molecular flexibility index (Phi) is 6.30. The molecule has 162 valence electrons. The number of Topliss-reactive ketones (excluding diaryl/α,β-unsaturated/α-hetero) is 1. The van der Waals surface area contributed by atoms with Crippen LogP contribution in [-0.4, -0.2) is 52.7 Å². The van der Waals surface area contributed by atoms with E-state index in [4.69, 9.17) is 4.74 Å². The maximum atomic E-state index is 12.6. The van der Waals surface area contributed by atoms with Gasteiger partial charge in [0.2, 0.25) is 11.8 Å². The molecule has 1 N–H and O–H groups in total. The molecule has 2 aromatic rings. The van der Waals surface area contributed by atoms with Gasteiger partial charge in [0.05, 0.1) is 18.5 Å². The van der Waals surface area contributed by atoms with Crippen LogP contribution in [-0.2, 0) is 16.0 Å². The predicted molar refractivity (Wildman–Crippen MR) is 115 cm³/mol. The number of aryl methyl sites for hydroxylation is 1. The monoisotopic (exact) mass is 421 g/mol. The number of pyridine rings is 1. The third kappa shape index (κ3) is 5.10. The quantitative estimate of drug-likeness (QED) is 0.724. The van der Waals surface area contributed by atoms with Crippen LogP contribution in [0.2, 0.25) is 0 Å². The van der Waals surface area contributed by atoms with E-state index >= 15 is 0 Å². The van der Waals surface area contributed by atoms with Crippen LogP contribution < -0.4 is 10.1 Å². The van der Waals surface area contributed by atoms with Gasteiger partial charge in [-0.25, -0.2) is 0 Å². The summed E-state index contributed by atoms with van der Waals surface area (Å²) in [6, 6.07) is 13.0. The molecular formula is C24H27N3O4. The molecule has 2 aliphatic rings. The highest BCUT2D eigenvalue weighted by atomic mass is 16.5. The largest absolute Gasteiger partial charge is 0.486 e. The zero-order valence-electron chi connectivity index (χ0n) is 17.5. The average Bonchev–Trinajstić information content (AvgIpc) is 2.92. The Bertz CT molecular complexity index is 962. The Labute approximate surface area is 181 Å². The van der Waals surface area contributed by atoms with Crippen LogP contribution in [0.1, 0.15) is 48.2 Å². The van der Waals surface area contributed by atoms with Crippen LogP contribution in [0.4, 0.5) is 0 Å². The molecule has 4 rings (SSSR count). The van der Waals surface area contributed by atoms with Crippen LogP contribution in [0.25, 0.3) is 0 Å². The number of carbonyl (C=O) groups is 3. The van der Waals surface area contributed by atoms with Gasteiger partial charge < -0.3 is 15.0 Å². The Hall–Kier alpha value is -3.22. The summed E-state index contributed by atoms with van der Waals surface area (Å²) in [6.07, 6.45) is 4.88. The maximum absolute atomic E-state index is 12.6. The molecule has 3 heterocycles. The number of likely N-dealkylation sites (tertiary alicyclic amines) is 1. The summed E-state index contributed by atoms with van der Waals surface area (Å²) in [5.41, 5.74) is 0.925. The third-order valence-electron chi connectivity index (χ3n) is 5.97. The molecule has 1 aromatic heterocycles. The minimum atomic E-state index is -0.672. The summed E-state index contributed by atoms with van der Waals surface area (Å²) in [6.45, 7) is 0.967. The van der Waals surface area contributed by atoms with E-state index in [-0.39, 0.29) is 37.0 Å². The first-order valence-electron chi connectivity index (χ1n) is 10.8. The topological polar surface area (TPSA) is 88.6 Å². The van der Waals surface area contributed by atoms with Crippen LogP contribution in [0, 0.1) is 0 Å². The van der Waals surface area contributed by atoms with E-state index in [0.29, 0.717) is 37.2 Å². The molecule has 1 aromatic carbocycles. The fraction of sp³-hybridized carbons (Fsp3) is 0.417. The average molecular weight is 421 g/mol. The molecular weight excluding hydrogens is 394 g/mol. The lowest BCUT2D eigenvalue weighted by atomic mass is 9.84. The van der Waals surface area contributed by atoms with Crippen molar-refractivity contribution >= 4 is 17.6 Å². The zero-order valence-corrected chi connectivity index (χ0v) is 17.5. The first kappa shape index (κ1) is 21.0. The molecule has 2 aliphatic heterocycles. The first-order chi connectivity index (χ1) is 15.0. The van der Waals surface area contributed by atoms with Gasteiger partial charge in [0.15, 0.2) is 5.78 Å². The van der Waals surface area contributed by atoms with E-state index in [9.17, 15) is 14.4 Å². The van der Waals surface area contributed by atoms with E-state index in [0.717, 1.165) is 18.5 Å². The van der Waals surface area contributed by atoms with Crippen molar-refractivity contribution in [3.8, 4) is 5.75 Å². The number of amides is 2. The van der Waals surface area contributed by atoms with E-state index < -0.39 is 5.60 Å². The molecule has 7 heteroatoms. The smallest absolute Gasteiger partial charge is 0.239 e. The number of rotatable bonds is 6. The Balaban J connectivity index is 1.28. The minimum Gasteiger partial charge on any atom is -0.486 e. The van der Waals surface area contributed by atoms with Crippen molar-refractivity contribution in [3.63, 3.8) is 0 Å². The molecule has 1 spiro atoms. The number of fused-ring (bicyclic) bond motifs is 1. The van der Waals surface area contributed by atoms with Gasteiger partial charge >= 0.3 is 0 Å². The summed E-state index contributed by atoms with van der Waals surface area (Å²) in [5, 5.41) is 2.89. The lowest BCUT2D eigenvalue weighted by Crippen LogP contribution is -2.44.